The van der Waals surface area contributed by atoms with Gasteiger partial charge in [0.25, 0.3) is 5.91 Å². The molecule has 2 aliphatic heterocycles. The lowest BCUT2D eigenvalue weighted by Gasteiger charge is -2.32. The Balaban J connectivity index is 1.57. The summed E-state index contributed by atoms with van der Waals surface area (Å²) >= 11 is 0. The summed E-state index contributed by atoms with van der Waals surface area (Å²) in [5.41, 5.74) is 2.53. The molecule has 9 heteroatoms. The quantitative estimate of drug-likeness (QED) is 0.445. The number of rotatable bonds is 10. The molecule has 1 saturated heterocycles. The highest BCUT2D eigenvalue weighted by molar-refractivity contribution is 6.03. The van der Waals surface area contributed by atoms with Crippen LogP contribution < -0.4 is 9.47 Å². The fourth-order valence-electron chi connectivity index (χ4n) is 4.96. The van der Waals surface area contributed by atoms with Gasteiger partial charge in [0.15, 0.2) is 0 Å². The second-order valence-corrected chi connectivity index (χ2v) is 11.5. The van der Waals surface area contributed by atoms with Crippen molar-refractivity contribution >= 4 is 17.5 Å². The number of carbonyl (C=O) groups is 2. The first kappa shape index (κ1) is 29.6. The zero-order valence-corrected chi connectivity index (χ0v) is 24.4. The summed E-state index contributed by atoms with van der Waals surface area (Å²) in [4.78, 5) is 31.3. The lowest BCUT2D eigenvalue weighted by atomic mass is 9.91. The predicted octanol–water partition coefficient (Wildman–Crippen LogP) is 3.98. The summed E-state index contributed by atoms with van der Waals surface area (Å²) in [6, 6.07) is 15.1. The van der Waals surface area contributed by atoms with Gasteiger partial charge in [0.05, 0.1) is 39.2 Å². The maximum atomic E-state index is 13.9. The summed E-state index contributed by atoms with van der Waals surface area (Å²) in [5, 5.41) is 6.38. The Morgan fingerprint density at radius 1 is 0.975 bits per heavy atom. The van der Waals surface area contributed by atoms with Gasteiger partial charge in [0.2, 0.25) is 5.91 Å². The van der Waals surface area contributed by atoms with Gasteiger partial charge < -0.3 is 19.1 Å². The molecular formula is C31H42N4O5. The SMILES string of the molecule is COc1ccc(C2=NN(C(=O)CN(CCN3CCOCC3)C(=O)CC(C)(C)C)[C@@H](c3ccc(OC)cc3)C2)cc1. The summed E-state index contributed by atoms with van der Waals surface area (Å²) < 4.78 is 16.1. The van der Waals surface area contributed by atoms with E-state index < -0.39 is 0 Å². The average Bonchev–Trinajstić information content (AvgIpc) is 3.40. The minimum atomic E-state index is -0.283. The van der Waals surface area contributed by atoms with E-state index in [4.69, 9.17) is 19.3 Å². The number of ether oxygens (including phenoxy) is 3. The second-order valence-electron chi connectivity index (χ2n) is 11.5. The number of methoxy groups -OCH3 is 2. The van der Waals surface area contributed by atoms with Gasteiger partial charge in [-0.3, -0.25) is 14.5 Å². The second kappa shape index (κ2) is 13.3. The molecule has 9 nitrogen and oxygen atoms in total. The first-order valence-corrected chi connectivity index (χ1v) is 13.9. The highest BCUT2D eigenvalue weighted by atomic mass is 16.5. The fourth-order valence-corrected chi connectivity index (χ4v) is 4.96. The number of hydrogen-bond donors (Lipinski definition) is 0. The summed E-state index contributed by atoms with van der Waals surface area (Å²) in [5.74, 6) is 1.29. The number of amides is 2. The molecule has 1 fully saturated rings. The molecule has 216 valence electrons. The van der Waals surface area contributed by atoms with Crippen molar-refractivity contribution in [3.05, 3.63) is 59.7 Å². The first-order chi connectivity index (χ1) is 19.2. The minimum absolute atomic E-state index is 0.0198. The maximum absolute atomic E-state index is 13.9. The zero-order chi connectivity index (χ0) is 28.7. The van der Waals surface area contributed by atoms with Gasteiger partial charge in [-0.15, -0.1) is 0 Å². The Morgan fingerprint density at radius 2 is 1.57 bits per heavy atom. The van der Waals surface area contributed by atoms with Gasteiger partial charge in [-0.1, -0.05) is 32.9 Å². The average molecular weight is 551 g/mol. The normalized spacial score (nSPS) is 17.9. The van der Waals surface area contributed by atoms with Crippen LogP contribution in [-0.2, 0) is 14.3 Å². The van der Waals surface area contributed by atoms with E-state index >= 15 is 0 Å². The van der Waals surface area contributed by atoms with Crippen LogP contribution in [0, 0.1) is 5.41 Å². The van der Waals surface area contributed by atoms with Crippen LogP contribution in [0.3, 0.4) is 0 Å². The monoisotopic (exact) mass is 550 g/mol. The van der Waals surface area contributed by atoms with E-state index in [1.165, 1.54) is 0 Å². The molecule has 2 aliphatic rings. The molecule has 0 N–H and O–H groups in total. The third kappa shape index (κ3) is 7.82. The lowest BCUT2D eigenvalue weighted by Crippen LogP contribution is -2.47. The summed E-state index contributed by atoms with van der Waals surface area (Å²) in [6.45, 7) is 10.3. The van der Waals surface area contributed by atoms with Crippen molar-refractivity contribution in [1.82, 2.24) is 14.8 Å². The molecule has 0 bridgehead atoms. The van der Waals surface area contributed by atoms with Crippen LogP contribution in [0.1, 0.15) is 50.8 Å². The van der Waals surface area contributed by atoms with E-state index in [0.717, 1.165) is 41.4 Å². The number of benzene rings is 2. The van der Waals surface area contributed by atoms with Gasteiger partial charge in [0, 0.05) is 39.0 Å². The Labute approximate surface area is 237 Å². The van der Waals surface area contributed by atoms with Gasteiger partial charge in [-0.25, -0.2) is 5.01 Å². The molecule has 40 heavy (non-hydrogen) atoms. The molecule has 0 unspecified atom stereocenters. The van der Waals surface area contributed by atoms with Crippen molar-refractivity contribution < 1.29 is 23.8 Å². The first-order valence-electron chi connectivity index (χ1n) is 13.9. The summed E-state index contributed by atoms with van der Waals surface area (Å²) in [7, 11) is 3.26. The number of hydrazone groups is 1. The molecule has 2 amide bonds. The zero-order valence-electron chi connectivity index (χ0n) is 24.4. The maximum Gasteiger partial charge on any atom is 0.262 e. The number of carbonyl (C=O) groups excluding carboxylic acids is 2. The van der Waals surface area contributed by atoms with Gasteiger partial charge in [-0.2, -0.15) is 5.10 Å². The smallest absolute Gasteiger partial charge is 0.262 e. The molecule has 0 radical (unpaired) electrons. The Morgan fingerprint density at radius 3 is 2.15 bits per heavy atom. The lowest BCUT2D eigenvalue weighted by molar-refractivity contribution is -0.142. The molecule has 2 heterocycles. The van der Waals surface area contributed by atoms with Crippen LogP contribution in [-0.4, -0.2) is 92.5 Å². The highest BCUT2D eigenvalue weighted by Gasteiger charge is 2.35. The van der Waals surface area contributed by atoms with Crippen LogP contribution in [0.5, 0.6) is 11.5 Å². The van der Waals surface area contributed by atoms with Gasteiger partial charge >= 0.3 is 0 Å². The van der Waals surface area contributed by atoms with Crippen LogP contribution in [0.15, 0.2) is 53.6 Å². The molecule has 2 aromatic rings. The summed E-state index contributed by atoms with van der Waals surface area (Å²) in [6.07, 6.45) is 0.930. The van der Waals surface area contributed by atoms with Crippen molar-refractivity contribution in [2.45, 2.75) is 39.7 Å². The molecule has 0 saturated carbocycles. The molecule has 4 rings (SSSR count). The van der Waals surface area contributed by atoms with E-state index in [0.29, 0.717) is 39.1 Å². The van der Waals surface area contributed by atoms with Crippen molar-refractivity contribution in [3.8, 4) is 11.5 Å². The van der Waals surface area contributed by atoms with E-state index in [2.05, 4.69) is 4.90 Å². The molecule has 1 atom stereocenters. The number of morpholine rings is 1. The molecule has 0 spiro atoms. The Hall–Kier alpha value is -3.43. The fraction of sp³-hybridized carbons (Fsp3) is 0.516. The largest absolute Gasteiger partial charge is 0.497 e. The van der Waals surface area contributed by atoms with Crippen molar-refractivity contribution in [3.63, 3.8) is 0 Å². The van der Waals surface area contributed by atoms with E-state index in [1.807, 2.05) is 69.3 Å². The topological polar surface area (TPSA) is 83.9 Å². The van der Waals surface area contributed by atoms with Crippen LogP contribution in [0.2, 0.25) is 0 Å². The Bertz CT molecular complexity index is 1170. The number of nitrogens with zero attached hydrogens (tertiary/aromatic N) is 4. The van der Waals surface area contributed by atoms with E-state index in [-0.39, 0.29) is 29.8 Å². The predicted molar refractivity (Wildman–Crippen MR) is 155 cm³/mol. The third-order valence-electron chi connectivity index (χ3n) is 7.24. The Kier molecular flexibility index (Phi) is 9.81. The van der Waals surface area contributed by atoms with Gasteiger partial charge in [-0.05, 0) is 52.9 Å². The van der Waals surface area contributed by atoms with Crippen LogP contribution in [0.4, 0.5) is 0 Å². The standard InChI is InChI=1S/C31H42N4O5/c1-31(2,3)21-29(36)34(15-14-33-16-18-40-19-17-33)22-30(37)35-28(24-8-12-26(39-5)13-9-24)20-27(32-35)23-6-10-25(38-4)11-7-23/h6-13,28H,14-22H2,1-5H3/t28-/m1/s1. The molecule has 2 aromatic carbocycles. The van der Waals surface area contributed by atoms with Crippen molar-refractivity contribution in [2.75, 3.05) is 60.2 Å². The van der Waals surface area contributed by atoms with E-state index in [1.54, 1.807) is 24.1 Å². The third-order valence-corrected chi connectivity index (χ3v) is 7.24. The molecule has 0 aliphatic carbocycles. The highest BCUT2D eigenvalue weighted by Crippen LogP contribution is 2.34. The van der Waals surface area contributed by atoms with Crippen molar-refractivity contribution in [1.29, 1.82) is 0 Å². The molecular weight excluding hydrogens is 508 g/mol. The number of hydrogen-bond acceptors (Lipinski definition) is 7. The van der Waals surface area contributed by atoms with Crippen LogP contribution in [0.25, 0.3) is 0 Å². The van der Waals surface area contributed by atoms with E-state index in [9.17, 15) is 9.59 Å². The van der Waals surface area contributed by atoms with Crippen LogP contribution >= 0.6 is 0 Å². The van der Waals surface area contributed by atoms with Gasteiger partial charge in [0.1, 0.15) is 18.0 Å². The minimum Gasteiger partial charge on any atom is -0.497 e. The van der Waals surface area contributed by atoms with Crippen molar-refractivity contribution in [2.24, 2.45) is 10.5 Å². The molecule has 0 aromatic heterocycles.